The molecule has 1 saturated carbocycles. The van der Waals surface area contributed by atoms with E-state index in [0.717, 1.165) is 17.9 Å². The molecule has 0 amide bonds. The van der Waals surface area contributed by atoms with E-state index in [1.165, 1.54) is 31.2 Å². The van der Waals surface area contributed by atoms with Crippen LogP contribution < -0.4 is 0 Å². The summed E-state index contributed by atoms with van der Waals surface area (Å²) in [4.78, 5) is 11.2. The number of hydrogen-bond acceptors (Lipinski definition) is 1. The van der Waals surface area contributed by atoms with Gasteiger partial charge in [-0.3, -0.25) is 4.79 Å². The number of hydrogen-bond donors (Lipinski definition) is 0. The molecule has 0 aliphatic heterocycles. The van der Waals surface area contributed by atoms with Gasteiger partial charge in [0, 0.05) is 5.56 Å². The zero-order valence-corrected chi connectivity index (χ0v) is 11.2. The molecule has 18 heavy (non-hydrogen) atoms. The van der Waals surface area contributed by atoms with E-state index in [0.29, 0.717) is 5.92 Å². The normalized spacial score (nSPS) is 23.6. The fraction of sp³-hybridized carbons (Fsp3) is 0.471. The van der Waals surface area contributed by atoms with E-state index in [-0.39, 0.29) is 5.78 Å². The molecule has 1 heteroatoms. The van der Waals surface area contributed by atoms with Gasteiger partial charge >= 0.3 is 0 Å². The Morgan fingerprint density at radius 1 is 1.22 bits per heavy atom. The van der Waals surface area contributed by atoms with Crippen molar-refractivity contribution in [1.29, 1.82) is 0 Å². The fourth-order valence-corrected chi connectivity index (χ4v) is 2.96. The lowest BCUT2D eigenvalue weighted by molar-refractivity contribution is 0.101. The van der Waals surface area contributed by atoms with Crippen LogP contribution in [0, 0.1) is 5.92 Å². The SMILES string of the molecule is C=CCC1CCC(c2ccc(C(C)=O)cc2)CC1. The van der Waals surface area contributed by atoms with Crippen molar-refractivity contribution in [2.75, 3.05) is 0 Å². The highest BCUT2D eigenvalue weighted by atomic mass is 16.1. The maximum Gasteiger partial charge on any atom is 0.159 e. The number of carbonyl (C=O) groups excluding carboxylic acids is 1. The van der Waals surface area contributed by atoms with Crippen molar-refractivity contribution in [3.63, 3.8) is 0 Å². The summed E-state index contributed by atoms with van der Waals surface area (Å²) in [6, 6.07) is 8.20. The minimum Gasteiger partial charge on any atom is -0.295 e. The number of allylic oxidation sites excluding steroid dienone is 1. The zero-order chi connectivity index (χ0) is 13.0. The topological polar surface area (TPSA) is 17.1 Å². The summed E-state index contributed by atoms with van der Waals surface area (Å²) >= 11 is 0. The second-order valence-corrected chi connectivity index (χ2v) is 5.42. The van der Waals surface area contributed by atoms with Gasteiger partial charge in [0.15, 0.2) is 5.78 Å². The van der Waals surface area contributed by atoms with Crippen LogP contribution in [0.2, 0.25) is 0 Å². The zero-order valence-electron chi connectivity index (χ0n) is 11.2. The number of rotatable bonds is 4. The molecule has 1 aromatic carbocycles. The van der Waals surface area contributed by atoms with Crippen LogP contribution >= 0.6 is 0 Å². The van der Waals surface area contributed by atoms with Crippen LogP contribution in [0.3, 0.4) is 0 Å². The Balaban J connectivity index is 1.97. The molecule has 1 nitrogen and oxygen atoms in total. The van der Waals surface area contributed by atoms with Gasteiger partial charge < -0.3 is 0 Å². The van der Waals surface area contributed by atoms with E-state index < -0.39 is 0 Å². The lowest BCUT2D eigenvalue weighted by Crippen LogP contribution is -2.12. The summed E-state index contributed by atoms with van der Waals surface area (Å²) in [5, 5.41) is 0. The second kappa shape index (κ2) is 5.99. The Kier molecular flexibility index (Phi) is 4.35. The number of Topliss-reactive ketones (excluding diaryl/α,β-unsaturated/α-hetero) is 1. The van der Waals surface area contributed by atoms with Gasteiger partial charge in [-0.25, -0.2) is 0 Å². The molecule has 2 rings (SSSR count). The Hall–Kier alpha value is -1.37. The average molecular weight is 242 g/mol. The van der Waals surface area contributed by atoms with E-state index >= 15 is 0 Å². The molecule has 0 saturated heterocycles. The first-order chi connectivity index (χ1) is 8.70. The predicted octanol–water partition coefficient (Wildman–Crippen LogP) is 4.74. The van der Waals surface area contributed by atoms with Gasteiger partial charge in [-0.05, 0) is 56.4 Å². The molecule has 0 bridgehead atoms. The van der Waals surface area contributed by atoms with Crippen molar-refractivity contribution in [2.45, 2.75) is 44.9 Å². The Labute approximate surface area is 110 Å². The van der Waals surface area contributed by atoms with E-state index in [1.54, 1.807) is 6.92 Å². The van der Waals surface area contributed by atoms with Gasteiger partial charge in [0.25, 0.3) is 0 Å². The van der Waals surface area contributed by atoms with Crippen molar-refractivity contribution in [1.82, 2.24) is 0 Å². The smallest absolute Gasteiger partial charge is 0.159 e. The number of carbonyl (C=O) groups is 1. The third kappa shape index (κ3) is 3.10. The van der Waals surface area contributed by atoms with Crippen LogP contribution in [0.15, 0.2) is 36.9 Å². The Bertz CT molecular complexity index is 408. The van der Waals surface area contributed by atoms with Crippen molar-refractivity contribution in [2.24, 2.45) is 5.92 Å². The minimum absolute atomic E-state index is 0.149. The van der Waals surface area contributed by atoms with Gasteiger partial charge in [0.2, 0.25) is 0 Å². The maximum atomic E-state index is 11.2. The molecule has 0 N–H and O–H groups in total. The van der Waals surface area contributed by atoms with Crippen LogP contribution in [0.1, 0.15) is 60.9 Å². The van der Waals surface area contributed by atoms with Crippen LogP contribution in [0.5, 0.6) is 0 Å². The molecule has 0 unspecified atom stereocenters. The second-order valence-electron chi connectivity index (χ2n) is 5.42. The fourth-order valence-electron chi connectivity index (χ4n) is 2.96. The first-order valence-electron chi connectivity index (χ1n) is 6.92. The standard InChI is InChI=1S/C17H22O/c1-3-4-14-5-7-16(8-6-14)17-11-9-15(10-12-17)13(2)18/h3,9-12,14,16H,1,4-8H2,2H3. The highest BCUT2D eigenvalue weighted by molar-refractivity contribution is 5.94. The number of benzene rings is 1. The monoisotopic (exact) mass is 242 g/mol. The third-order valence-corrected chi connectivity index (χ3v) is 4.14. The molecule has 0 heterocycles. The largest absolute Gasteiger partial charge is 0.295 e. The van der Waals surface area contributed by atoms with E-state index in [1.807, 2.05) is 18.2 Å². The van der Waals surface area contributed by atoms with E-state index in [2.05, 4.69) is 18.7 Å². The van der Waals surface area contributed by atoms with Gasteiger partial charge in [0.1, 0.15) is 0 Å². The van der Waals surface area contributed by atoms with Crippen molar-refractivity contribution >= 4 is 5.78 Å². The van der Waals surface area contributed by atoms with E-state index in [9.17, 15) is 4.79 Å². The minimum atomic E-state index is 0.149. The molecular weight excluding hydrogens is 220 g/mol. The third-order valence-electron chi connectivity index (χ3n) is 4.14. The molecular formula is C17H22O. The summed E-state index contributed by atoms with van der Waals surface area (Å²) in [5.74, 6) is 1.68. The summed E-state index contributed by atoms with van der Waals surface area (Å²) in [6.45, 7) is 5.45. The van der Waals surface area contributed by atoms with Crippen LogP contribution in [0.25, 0.3) is 0 Å². The van der Waals surface area contributed by atoms with Crippen molar-refractivity contribution < 1.29 is 4.79 Å². The molecule has 1 fully saturated rings. The molecule has 1 aliphatic carbocycles. The summed E-state index contributed by atoms with van der Waals surface area (Å²) < 4.78 is 0. The highest BCUT2D eigenvalue weighted by Crippen LogP contribution is 2.37. The molecule has 0 atom stereocenters. The Morgan fingerprint density at radius 2 is 1.83 bits per heavy atom. The molecule has 1 aliphatic rings. The van der Waals surface area contributed by atoms with E-state index in [4.69, 9.17) is 0 Å². The molecule has 96 valence electrons. The summed E-state index contributed by atoms with van der Waals surface area (Å²) in [7, 11) is 0. The van der Waals surface area contributed by atoms with Crippen molar-refractivity contribution in [3.8, 4) is 0 Å². The highest BCUT2D eigenvalue weighted by Gasteiger charge is 2.21. The van der Waals surface area contributed by atoms with Crippen LogP contribution in [0.4, 0.5) is 0 Å². The molecule has 0 spiro atoms. The summed E-state index contributed by atoms with van der Waals surface area (Å²) in [6.07, 6.45) is 8.38. The predicted molar refractivity (Wildman–Crippen MR) is 76.0 cm³/mol. The van der Waals surface area contributed by atoms with Gasteiger partial charge in [-0.15, -0.1) is 6.58 Å². The van der Waals surface area contributed by atoms with Gasteiger partial charge in [-0.1, -0.05) is 30.3 Å². The first-order valence-corrected chi connectivity index (χ1v) is 6.92. The molecule has 0 radical (unpaired) electrons. The molecule has 1 aromatic rings. The average Bonchev–Trinajstić information content (AvgIpc) is 2.40. The van der Waals surface area contributed by atoms with Crippen LogP contribution in [-0.2, 0) is 0 Å². The first kappa shape index (κ1) is 13.1. The van der Waals surface area contributed by atoms with Gasteiger partial charge in [0.05, 0.1) is 0 Å². The van der Waals surface area contributed by atoms with Crippen LogP contribution in [-0.4, -0.2) is 5.78 Å². The lowest BCUT2D eigenvalue weighted by Gasteiger charge is -2.28. The summed E-state index contributed by atoms with van der Waals surface area (Å²) in [5.41, 5.74) is 2.22. The van der Waals surface area contributed by atoms with Gasteiger partial charge in [-0.2, -0.15) is 0 Å². The number of ketones is 1. The quantitative estimate of drug-likeness (QED) is 0.550. The Morgan fingerprint density at radius 3 is 2.33 bits per heavy atom. The lowest BCUT2D eigenvalue weighted by atomic mass is 9.77. The maximum absolute atomic E-state index is 11.2. The molecule has 0 aromatic heterocycles. The van der Waals surface area contributed by atoms with Crippen molar-refractivity contribution in [3.05, 3.63) is 48.0 Å².